The van der Waals surface area contributed by atoms with E-state index in [9.17, 15) is 14.4 Å². The van der Waals surface area contributed by atoms with Gasteiger partial charge in [0.15, 0.2) is 11.7 Å². The van der Waals surface area contributed by atoms with Crippen molar-refractivity contribution in [2.75, 3.05) is 17.7 Å². The predicted molar refractivity (Wildman–Crippen MR) is 118 cm³/mol. The van der Waals surface area contributed by atoms with Gasteiger partial charge in [0.25, 0.3) is 5.91 Å². The van der Waals surface area contributed by atoms with Gasteiger partial charge in [0.1, 0.15) is 0 Å². The van der Waals surface area contributed by atoms with Crippen LogP contribution in [0.1, 0.15) is 10.4 Å². The first-order chi connectivity index (χ1) is 14.0. The zero-order valence-corrected chi connectivity index (χ0v) is 18.2. The van der Waals surface area contributed by atoms with Crippen molar-refractivity contribution in [2.45, 2.75) is 0 Å². The number of hydrogen-bond donors (Lipinski definition) is 1. The molecule has 0 fully saturated rings. The zero-order chi connectivity index (χ0) is 20.6. The predicted octanol–water partition coefficient (Wildman–Crippen LogP) is 4.63. The van der Waals surface area contributed by atoms with E-state index in [1.54, 1.807) is 30.3 Å². The summed E-state index contributed by atoms with van der Waals surface area (Å²) in [6.07, 6.45) is 0. The van der Waals surface area contributed by atoms with Crippen LogP contribution in [0.4, 0.5) is 5.13 Å². The summed E-state index contributed by atoms with van der Waals surface area (Å²) >= 11 is 5.49. The lowest BCUT2D eigenvalue weighted by molar-refractivity contribution is -0.144. The number of amides is 1. The van der Waals surface area contributed by atoms with E-state index in [1.165, 1.54) is 11.3 Å². The largest absolute Gasteiger partial charge is 0.455 e. The number of thiazole rings is 1. The van der Waals surface area contributed by atoms with Gasteiger partial charge >= 0.3 is 5.97 Å². The molecule has 0 aliphatic heterocycles. The first-order valence-electron chi connectivity index (χ1n) is 8.40. The van der Waals surface area contributed by atoms with Crippen molar-refractivity contribution in [1.29, 1.82) is 0 Å². The molecule has 0 atom stereocenters. The minimum absolute atomic E-state index is 0.161. The van der Waals surface area contributed by atoms with Crippen molar-refractivity contribution in [1.82, 2.24) is 4.98 Å². The Bertz CT molecular complexity index is 1010. The number of benzene rings is 2. The monoisotopic (exact) mass is 490 g/mol. The van der Waals surface area contributed by atoms with E-state index in [4.69, 9.17) is 4.74 Å². The van der Waals surface area contributed by atoms with Crippen LogP contribution in [0.15, 0.2) is 64.5 Å². The number of halogens is 1. The minimum atomic E-state index is -0.635. The highest BCUT2D eigenvalue weighted by Crippen LogP contribution is 2.26. The Labute approximate surface area is 183 Å². The van der Waals surface area contributed by atoms with Crippen LogP contribution < -0.4 is 5.32 Å². The van der Waals surface area contributed by atoms with E-state index < -0.39 is 18.5 Å². The number of nitrogens with zero attached hydrogens (tertiary/aromatic N) is 1. The van der Waals surface area contributed by atoms with E-state index in [0.29, 0.717) is 10.7 Å². The van der Waals surface area contributed by atoms with E-state index >= 15 is 0 Å². The summed E-state index contributed by atoms with van der Waals surface area (Å²) in [5, 5.41) is 4.62. The Morgan fingerprint density at radius 3 is 2.52 bits per heavy atom. The van der Waals surface area contributed by atoms with Crippen molar-refractivity contribution < 1.29 is 19.1 Å². The fourth-order valence-electron chi connectivity index (χ4n) is 2.21. The Morgan fingerprint density at radius 1 is 1.07 bits per heavy atom. The van der Waals surface area contributed by atoms with Crippen LogP contribution in [0.25, 0.3) is 11.3 Å². The summed E-state index contributed by atoms with van der Waals surface area (Å²) in [5.74, 6) is -1.29. The second-order valence-corrected chi connectivity index (χ2v) is 8.42. The summed E-state index contributed by atoms with van der Waals surface area (Å²) in [6.45, 7) is -0.438. The highest BCUT2D eigenvalue weighted by Gasteiger charge is 2.13. The summed E-state index contributed by atoms with van der Waals surface area (Å²) in [7, 11) is 0. The van der Waals surface area contributed by atoms with Crippen molar-refractivity contribution in [2.24, 2.45) is 0 Å². The molecule has 3 aromatic rings. The lowest BCUT2D eigenvalue weighted by Crippen LogP contribution is -2.21. The molecular formula is C20H15BrN2O4S2. The number of thioether (sulfide) groups is 1. The maximum atomic E-state index is 12.0. The van der Waals surface area contributed by atoms with Gasteiger partial charge in [-0.2, -0.15) is 0 Å². The van der Waals surface area contributed by atoms with Crippen molar-refractivity contribution in [3.05, 3.63) is 70.0 Å². The molecule has 0 aliphatic carbocycles. The third-order valence-electron chi connectivity index (χ3n) is 3.59. The number of nitrogens with one attached hydrogen (secondary N) is 1. The molecule has 29 heavy (non-hydrogen) atoms. The standard InChI is InChI=1S/C20H15BrN2O4S2/c21-15-8-6-13(7-9-15)16-11-29-20(22-16)23-17(24)10-27-18(25)12-28-19(26)14-4-2-1-3-5-14/h1-9,11H,10,12H2,(H,22,23,24). The average Bonchev–Trinajstić information content (AvgIpc) is 3.20. The second kappa shape index (κ2) is 10.3. The van der Waals surface area contributed by atoms with Gasteiger partial charge in [0.05, 0.1) is 11.4 Å². The zero-order valence-electron chi connectivity index (χ0n) is 15.0. The van der Waals surface area contributed by atoms with Crippen LogP contribution in [0.5, 0.6) is 0 Å². The third kappa shape index (κ3) is 6.52. The van der Waals surface area contributed by atoms with Gasteiger partial charge in [0.2, 0.25) is 5.12 Å². The molecule has 0 saturated heterocycles. The molecule has 3 rings (SSSR count). The molecule has 0 radical (unpaired) electrons. The lowest BCUT2D eigenvalue weighted by Gasteiger charge is -2.04. The number of hydrogen-bond acceptors (Lipinski definition) is 7. The maximum Gasteiger partial charge on any atom is 0.316 e. The van der Waals surface area contributed by atoms with E-state index in [2.05, 4.69) is 26.2 Å². The number of anilines is 1. The summed E-state index contributed by atoms with van der Waals surface area (Å²) in [4.78, 5) is 40.0. The van der Waals surface area contributed by atoms with E-state index in [0.717, 1.165) is 27.5 Å². The fraction of sp³-hybridized carbons (Fsp3) is 0.100. The minimum Gasteiger partial charge on any atom is -0.455 e. The molecular weight excluding hydrogens is 476 g/mol. The molecule has 0 bridgehead atoms. The molecule has 6 nitrogen and oxygen atoms in total. The first-order valence-corrected chi connectivity index (χ1v) is 11.1. The first kappa shape index (κ1) is 21.2. The molecule has 1 aromatic heterocycles. The van der Waals surface area contributed by atoms with Gasteiger partial charge in [-0.1, -0.05) is 70.2 Å². The van der Waals surface area contributed by atoms with Crippen molar-refractivity contribution in [3.63, 3.8) is 0 Å². The van der Waals surface area contributed by atoms with Gasteiger partial charge in [-0.25, -0.2) is 4.98 Å². The highest BCUT2D eigenvalue weighted by atomic mass is 79.9. The average molecular weight is 491 g/mol. The molecule has 0 spiro atoms. The van der Waals surface area contributed by atoms with E-state index in [1.807, 2.05) is 29.6 Å². The molecule has 2 aromatic carbocycles. The smallest absolute Gasteiger partial charge is 0.316 e. The summed E-state index contributed by atoms with van der Waals surface area (Å²) in [6, 6.07) is 16.3. The molecule has 0 aliphatic rings. The normalized spacial score (nSPS) is 10.4. The number of carbonyl (C=O) groups excluding carboxylic acids is 3. The van der Waals surface area contributed by atoms with Gasteiger partial charge in [-0.3, -0.25) is 19.7 Å². The van der Waals surface area contributed by atoms with Gasteiger partial charge < -0.3 is 4.74 Å². The molecule has 9 heteroatoms. The lowest BCUT2D eigenvalue weighted by atomic mass is 10.2. The number of rotatable bonds is 7. The number of ether oxygens (including phenoxy) is 1. The van der Waals surface area contributed by atoms with Gasteiger partial charge in [0, 0.05) is 21.0 Å². The third-order valence-corrected chi connectivity index (χ3v) is 5.75. The van der Waals surface area contributed by atoms with Crippen LogP contribution in [0, 0.1) is 0 Å². The van der Waals surface area contributed by atoms with Gasteiger partial charge in [-0.05, 0) is 12.1 Å². The maximum absolute atomic E-state index is 12.0. The highest BCUT2D eigenvalue weighted by molar-refractivity contribution is 9.10. The molecule has 0 saturated carbocycles. The summed E-state index contributed by atoms with van der Waals surface area (Å²) < 4.78 is 5.88. The fourth-order valence-corrected chi connectivity index (χ4v) is 3.84. The Balaban J connectivity index is 1.42. The van der Waals surface area contributed by atoms with Crippen LogP contribution in [-0.2, 0) is 14.3 Å². The summed E-state index contributed by atoms with van der Waals surface area (Å²) in [5.41, 5.74) is 2.18. The second-order valence-electron chi connectivity index (χ2n) is 5.70. The molecule has 1 amide bonds. The van der Waals surface area contributed by atoms with Crippen molar-refractivity contribution >= 4 is 61.2 Å². The number of aromatic nitrogens is 1. The van der Waals surface area contributed by atoms with Gasteiger partial charge in [-0.15, -0.1) is 11.3 Å². The van der Waals surface area contributed by atoms with Crippen LogP contribution in [-0.4, -0.2) is 34.3 Å². The van der Waals surface area contributed by atoms with Crippen LogP contribution in [0.3, 0.4) is 0 Å². The van der Waals surface area contributed by atoms with Crippen molar-refractivity contribution in [3.8, 4) is 11.3 Å². The molecule has 1 N–H and O–H groups in total. The quantitative estimate of drug-likeness (QED) is 0.486. The topological polar surface area (TPSA) is 85.4 Å². The molecule has 1 heterocycles. The molecule has 148 valence electrons. The SMILES string of the molecule is O=C(COC(=O)CSC(=O)c1ccccc1)Nc1nc(-c2ccc(Br)cc2)cs1. The van der Waals surface area contributed by atoms with Crippen LogP contribution in [0.2, 0.25) is 0 Å². The Hall–Kier alpha value is -2.49. The van der Waals surface area contributed by atoms with E-state index in [-0.39, 0.29) is 10.9 Å². The number of esters is 1. The Morgan fingerprint density at radius 2 is 1.79 bits per heavy atom. The number of carbonyl (C=O) groups is 3. The van der Waals surface area contributed by atoms with Crippen LogP contribution >= 0.6 is 39.0 Å². The Kier molecular flexibility index (Phi) is 7.56. The molecule has 0 unspecified atom stereocenters.